The molecule has 0 unspecified atom stereocenters. The summed E-state index contributed by atoms with van der Waals surface area (Å²) in [6, 6.07) is 9.73. The molecule has 0 spiro atoms. The maximum Gasteiger partial charge on any atom is 0.253 e. The fourth-order valence-electron chi connectivity index (χ4n) is 2.01. The van der Waals surface area contributed by atoms with Crippen LogP contribution in [0.25, 0.3) is 0 Å². The summed E-state index contributed by atoms with van der Waals surface area (Å²) in [4.78, 5) is 16.3. The number of methoxy groups -OCH3 is 1. The van der Waals surface area contributed by atoms with Crippen LogP contribution >= 0.6 is 0 Å². The summed E-state index contributed by atoms with van der Waals surface area (Å²) in [5, 5.41) is 2.70. The lowest BCUT2D eigenvalue weighted by molar-refractivity contribution is 0.0950. The average Bonchev–Trinajstić information content (AvgIpc) is 2.59. The molecule has 1 amide bonds. The number of aromatic nitrogens is 1. The van der Waals surface area contributed by atoms with Crippen LogP contribution in [0.4, 0.5) is 0 Å². The maximum absolute atomic E-state index is 12.3. The van der Waals surface area contributed by atoms with Gasteiger partial charge in [0, 0.05) is 32.9 Å². The Morgan fingerprint density at radius 2 is 1.92 bits per heavy atom. The molecular weight excluding hydrogens is 330 g/mol. The van der Waals surface area contributed by atoms with Gasteiger partial charge in [-0.1, -0.05) is 18.2 Å². The normalized spacial score (nSPS) is 11.3. The monoisotopic (exact) mass is 349 g/mol. The molecule has 0 fully saturated rings. The first-order valence-electron chi connectivity index (χ1n) is 7.15. The summed E-state index contributed by atoms with van der Waals surface area (Å²) < 4.78 is 30.7. The van der Waals surface area contributed by atoms with E-state index in [9.17, 15) is 13.2 Å². The van der Waals surface area contributed by atoms with Crippen LogP contribution in [0.15, 0.2) is 47.5 Å². The Morgan fingerprint density at radius 3 is 2.50 bits per heavy atom. The Morgan fingerprint density at radius 1 is 1.21 bits per heavy atom. The van der Waals surface area contributed by atoms with Crippen molar-refractivity contribution in [3.63, 3.8) is 0 Å². The molecule has 0 saturated carbocycles. The van der Waals surface area contributed by atoms with Gasteiger partial charge in [0.05, 0.1) is 17.6 Å². The van der Waals surface area contributed by atoms with E-state index in [-0.39, 0.29) is 17.3 Å². The molecule has 1 heterocycles. The van der Waals surface area contributed by atoms with Gasteiger partial charge in [-0.05, 0) is 17.7 Å². The van der Waals surface area contributed by atoms with Crippen LogP contribution in [0.1, 0.15) is 15.9 Å². The van der Waals surface area contributed by atoms with Crippen LogP contribution in [0.3, 0.4) is 0 Å². The van der Waals surface area contributed by atoms with Gasteiger partial charge in [-0.25, -0.2) is 17.7 Å². The van der Waals surface area contributed by atoms with Crippen molar-refractivity contribution in [2.24, 2.45) is 0 Å². The van der Waals surface area contributed by atoms with Crippen LogP contribution in [0, 0.1) is 0 Å². The van der Waals surface area contributed by atoms with Gasteiger partial charge in [-0.2, -0.15) is 0 Å². The van der Waals surface area contributed by atoms with Gasteiger partial charge in [0.2, 0.25) is 15.9 Å². The van der Waals surface area contributed by atoms with Crippen LogP contribution in [0.2, 0.25) is 0 Å². The van der Waals surface area contributed by atoms with Crippen molar-refractivity contribution in [1.82, 2.24) is 14.6 Å². The van der Waals surface area contributed by atoms with Gasteiger partial charge in [-0.3, -0.25) is 4.79 Å². The molecule has 128 valence electrons. The predicted octanol–water partition coefficient (Wildman–Crippen LogP) is 1.27. The van der Waals surface area contributed by atoms with Crippen molar-refractivity contribution in [3.8, 4) is 5.88 Å². The number of carbonyl (C=O) groups is 1. The van der Waals surface area contributed by atoms with E-state index in [1.807, 2.05) is 0 Å². The van der Waals surface area contributed by atoms with Crippen molar-refractivity contribution >= 4 is 15.9 Å². The minimum Gasteiger partial charge on any atom is -0.481 e. The Labute approximate surface area is 141 Å². The van der Waals surface area contributed by atoms with Crippen molar-refractivity contribution in [2.45, 2.75) is 11.4 Å². The quantitative estimate of drug-likeness (QED) is 0.848. The topological polar surface area (TPSA) is 88.6 Å². The summed E-state index contributed by atoms with van der Waals surface area (Å²) in [6.07, 6.45) is 1.40. The highest BCUT2D eigenvalue weighted by atomic mass is 32.2. The van der Waals surface area contributed by atoms with Crippen LogP contribution in [-0.4, -0.2) is 44.8 Å². The Hall–Kier alpha value is -2.45. The fourth-order valence-corrected chi connectivity index (χ4v) is 3.13. The zero-order chi connectivity index (χ0) is 17.7. The smallest absolute Gasteiger partial charge is 0.253 e. The Balaban J connectivity index is 2.16. The first kappa shape index (κ1) is 17.9. The molecule has 0 saturated heterocycles. The van der Waals surface area contributed by atoms with E-state index in [4.69, 9.17) is 4.74 Å². The lowest BCUT2D eigenvalue weighted by atomic mass is 10.2. The number of ether oxygens (including phenoxy) is 1. The summed E-state index contributed by atoms with van der Waals surface area (Å²) >= 11 is 0. The van der Waals surface area contributed by atoms with Crippen molar-refractivity contribution in [3.05, 3.63) is 53.7 Å². The van der Waals surface area contributed by atoms with E-state index in [2.05, 4.69) is 10.3 Å². The maximum atomic E-state index is 12.3. The third-order valence-electron chi connectivity index (χ3n) is 3.38. The van der Waals surface area contributed by atoms with Crippen LogP contribution < -0.4 is 10.1 Å². The molecule has 0 aliphatic heterocycles. The number of benzene rings is 1. The third-order valence-corrected chi connectivity index (χ3v) is 5.29. The molecular formula is C16H19N3O4S. The second-order valence-corrected chi connectivity index (χ2v) is 7.29. The van der Waals surface area contributed by atoms with E-state index in [1.165, 1.54) is 33.5 Å². The highest BCUT2D eigenvalue weighted by Crippen LogP contribution is 2.18. The number of hydrogen-bond acceptors (Lipinski definition) is 5. The highest BCUT2D eigenvalue weighted by Gasteiger charge is 2.20. The SMILES string of the molecule is COc1ccc(C(=O)NCc2ccccc2S(=O)(=O)N(C)C)cn1. The van der Waals surface area contributed by atoms with Gasteiger partial charge in [0.1, 0.15) is 0 Å². The second kappa shape index (κ2) is 7.41. The van der Waals surface area contributed by atoms with Crippen molar-refractivity contribution in [1.29, 1.82) is 0 Å². The highest BCUT2D eigenvalue weighted by molar-refractivity contribution is 7.89. The molecule has 1 aromatic heterocycles. The summed E-state index contributed by atoms with van der Waals surface area (Å²) in [5.41, 5.74) is 0.879. The van der Waals surface area contributed by atoms with E-state index in [1.54, 1.807) is 30.3 Å². The number of pyridine rings is 1. The van der Waals surface area contributed by atoms with E-state index < -0.39 is 10.0 Å². The van der Waals surface area contributed by atoms with Gasteiger partial charge in [0.15, 0.2) is 0 Å². The Bertz CT molecular complexity index is 817. The molecule has 7 nitrogen and oxygen atoms in total. The summed E-state index contributed by atoms with van der Waals surface area (Å²) in [5.74, 6) is 0.0659. The molecule has 0 aliphatic rings. The molecule has 1 N–H and O–H groups in total. The zero-order valence-electron chi connectivity index (χ0n) is 13.7. The summed E-state index contributed by atoms with van der Waals surface area (Å²) in [7, 11) is 0.846. The molecule has 0 aliphatic carbocycles. The third kappa shape index (κ3) is 3.90. The number of rotatable bonds is 6. The van der Waals surface area contributed by atoms with Crippen molar-refractivity contribution in [2.75, 3.05) is 21.2 Å². The van der Waals surface area contributed by atoms with E-state index in [0.29, 0.717) is 17.0 Å². The number of carbonyl (C=O) groups excluding carboxylic acids is 1. The van der Waals surface area contributed by atoms with Crippen LogP contribution in [-0.2, 0) is 16.6 Å². The molecule has 2 rings (SSSR count). The molecule has 2 aromatic rings. The standard InChI is InChI=1S/C16H19N3O4S/c1-19(2)24(21,22)14-7-5-4-6-12(14)10-18-16(20)13-8-9-15(23-3)17-11-13/h4-9,11H,10H2,1-3H3,(H,18,20). The molecule has 8 heteroatoms. The van der Waals surface area contributed by atoms with Gasteiger partial charge >= 0.3 is 0 Å². The number of nitrogens with one attached hydrogen (secondary N) is 1. The van der Waals surface area contributed by atoms with Gasteiger partial charge in [-0.15, -0.1) is 0 Å². The number of hydrogen-bond donors (Lipinski definition) is 1. The first-order valence-corrected chi connectivity index (χ1v) is 8.59. The zero-order valence-corrected chi connectivity index (χ0v) is 14.5. The number of nitrogens with zero attached hydrogens (tertiary/aromatic N) is 2. The Kier molecular flexibility index (Phi) is 5.53. The molecule has 0 atom stereocenters. The minimum atomic E-state index is -3.58. The van der Waals surface area contributed by atoms with Crippen LogP contribution in [0.5, 0.6) is 5.88 Å². The van der Waals surface area contributed by atoms with E-state index >= 15 is 0 Å². The number of amides is 1. The lowest BCUT2D eigenvalue weighted by Gasteiger charge is -2.15. The first-order chi connectivity index (χ1) is 11.4. The molecule has 0 bridgehead atoms. The second-order valence-electron chi connectivity index (χ2n) is 5.17. The molecule has 24 heavy (non-hydrogen) atoms. The van der Waals surface area contributed by atoms with Gasteiger partial charge < -0.3 is 10.1 Å². The minimum absolute atomic E-state index is 0.0914. The van der Waals surface area contributed by atoms with Crippen molar-refractivity contribution < 1.29 is 17.9 Å². The van der Waals surface area contributed by atoms with Gasteiger partial charge in [0.25, 0.3) is 5.91 Å². The van der Waals surface area contributed by atoms with E-state index in [0.717, 1.165) is 4.31 Å². The average molecular weight is 349 g/mol. The predicted molar refractivity (Wildman–Crippen MR) is 89.3 cm³/mol. The largest absolute Gasteiger partial charge is 0.481 e. The number of sulfonamides is 1. The lowest BCUT2D eigenvalue weighted by Crippen LogP contribution is -2.27. The summed E-state index contributed by atoms with van der Waals surface area (Å²) in [6.45, 7) is 0.0914. The fraction of sp³-hybridized carbons (Fsp3) is 0.250. The molecule has 1 aromatic carbocycles. The molecule has 0 radical (unpaired) electrons.